The molecule has 2 amide bonds. The molecule has 0 aliphatic carbocycles. The van der Waals surface area contributed by atoms with E-state index in [0.717, 1.165) is 6.42 Å². The molecular weight excluding hydrogens is 258 g/mol. The third kappa shape index (κ3) is 3.20. The Hall–Kier alpha value is -2.24. The number of piperidine rings is 1. The molecule has 1 unspecified atom stereocenters. The molecule has 1 fully saturated rings. The van der Waals surface area contributed by atoms with Crippen LogP contribution in [0, 0.1) is 0 Å². The number of ether oxygens (including phenoxy) is 1. The molecule has 0 aromatic heterocycles. The number of hydrogen-bond donors (Lipinski definition) is 3. The highest BCUT2D eigenvalue weighted by Crippen LogP contribution is 2.30. The van der Waals surface area contributed by atoms with Crippen LogP contribution >= 0.6 is 0 Å². The van der Waals surface area contributed by atoms with E-state index in [1.165, 1.54) is 0 Å². The van der Waals surface area contributed by atoms with Gasteiger partial charge in [-0.2, -0.15) is 0 Å². The second kappa shape index (κ2) is 6.27. The maximum absolute atomic E-state index is 11.7. The van der Waals surface area contributed by atoms with Gasteiger partial charge >= 0.3 is 0 Å². The second-order valence-electron chi connectivity index (χ2n) is 4.71. The molecule has 1 aromatic rings. The van der Waals surface area contributed by atoms with Crippen LogP contribution in [0.4, 0.5) is 11.4 Å². The van der Waals surface area contributed by atoms with Crippen LogP contribution in [0.15, 0.2) is 18.2 Å². The largest absolute Gasteiger partial charge is 0.491 e. The second-order valence-corrected chi connectivity index (χ2v) is 4.71. The number of amides is 2. The van der Waals surface area contributed by atoms with Crippen LogP contribution in [-0.2, 0) is 9.59 Å². The molecule has 1 saturated heterocycles. The summed E-state index contributed by atoms with van der Waals surface area (Å²) in [4.78, 5) is 22.8. The van der Waals surface area contributed by atoms with E-state index in [9.17, 15) is 9.59 Å². The van der Waals surface area contributed by atoms with Gasteiger partial charge in [0.05, 0.1) is 18.0 Å². The van der Waals surface area contributed by atoms with Crippen molar-refractivity contribution in [3.05, 3.63) is 18.2 Å². The van der Waals surface area contributed by atoms with Gasteiger partial charge in [-0.1, -0.05) is 13.0 Å². The average molecular weight is 277 g/mol. The van der Waals surface area contributed by atoms with Gasteiger partial charge in [-0.15, -0.1) is 0 Å². The average Bonchev–Trinajstić information content (AvgIpc) is 2.42. The first-order chi connectivity index (χ1) is 9.61. The van der Waals surface area contributed by atoms with Gasteiger partial charge < -0.3 is 15.8 Å². The molecule has 1 aromatic carbocycles. The number of nitrogen functional groups attached to an aromatic ring is 1. The van der Waals surface area contributed by atoms with Crippen LogP contribution in [0.2, 0.25) is 0 Å². The van der Waals surface area contributed by atoms with E-state index in [4.69, 9.17) is 10.5 Å². The minimum absolute atomic E-state index is 0.235. The third-order valence-electron chi connectivity index (χ3n) is 3.10. The quantitative estimate of drug-likeness (QED) is 0.557. The summed E-state index contributed by atoms with van der Waals surface area (Å²) in [6, 6.07) is 4.95. The van der Waals surface area contributed by atoms with E-state index in [2.05, 4.69) is 10.6 Å². The van der Waals surface area contributed by atoms with Gasteiger partial charge in [-0.05, 0) is 25.0 Å². The Morgan fingerprint density at radius 3 is 2.95 bits per heavy atom. The van der Waals surface area contributed by atoms with E-state index < -0.39 is 6.04 Å². The summed E-state index contributed by atoms with van der Waals surface area (Å²) in [6.07, 6.45) is 1.68. The fourth-order valence-corrected chi connectivity index (χ4v) is 2.03. The lowest BCUT2D eigenvalue weighted by atomic mass is 10.1. The molecule has 1 aliphatic rings. The number of nitrogens with one attached hydrogen (secondary N) is 2. The Balaban J connectivity index is 2.09. The Kier molecular flexibility index (Phi) is 4.45. The molecule has 0 radical (unpaired) electrons. The Morgan fingerprint density at radius 2 is 2.25 bits per heavy atom. The van der Waals surface area contributed by atoms with Crippen molar-refractivity contribution >= 4 is 23.2 Å². The van der Waals surface area contributed by atoms with E-state index >= 15 is 0 Å². The lowest BCUT2D eigenvalue weighted by Crippen LogP contribution is -2.47. The van der Waals surface area contributed by atoms with Crippen molar-refractivity contribution in [2.45, 2.75) is 32.2 Å². The smallest absolute Gasteiger partial charge is 0.249 e. The molecule has 20 heavy (non-hydrogen) atoms. The number of imide groups is 1. The van der Waals surface area contributed by atoms with Gasteiger partial charge in [0, 0.05) is 6.42 Å². The molecule has 0 saturated carbocycles. The van der Waals surface area contributed by atoms with Crippen molar-refractivity contribution in [2.24, 2.45) is 0 Å². The number of rotatable bonds is 5. The number of benzene rings is 1. The van der Waals surface area contributed by atoms with Gasteiger partial charge in [-0.25, -0.2) is 0 Å². The summed E-state index contributed by atoms with van der Waals surface area (Å²) in [7, 11) is 0. The number of carbonyl (C=O) groups is 2. The SMILES string of the molecule is CCCOc1cccc(NC2CCC(=O)NC2=O)c1N. The van der Waals surface area contributed by atoms with E-state index in [-0.39, 0.29) is 11.8 Å². The zero-order chi connectivity index (χ0) is 14.5. The molecule has 108 valence electrons. The number of anilines is 2. The highest BCUT2D eigenvalue weighted by atomic mass is 16.5. The predicted molar refractivity (Wildman–Crippen MR) is 76.4 cm³/mol. The zero-order valence-electron chi connectivity index (χ0n) is 11.4. The van der Waals surface area contributed by atoms with Crippen LogP contribution in [0.5, 0.6) is 5.75 Å². The first kappa shape index (κ1) is 14.2. The first-order valence-corrected chi connectivity index (χ1v) is 6.73. The minimum Gasteiger partial charge on any atom is -0.491 e. The summed E-state index contributed by atoms with van der Waals surface area (Å²) < 4.78 is 5.54. The Bertz CT molecular complexity index is 516. The molecule has 2 rings (SSSR count). The monoisotopic (exact) mass is 277 g/mol. The Morgan fingerprint density at radius 1 is 1.45 bits per heavy atom. The summed E-state index contributed by atoms with van der Waals surface area (Å²) in [5, 5.41) is 5.37. The topological polar surface area (TPSA) is 93.5 Å². The van der Waals surface area contributed by atoms with Crippen LogP contribution in [-0.4, -0.2) is 24.5 Å². The van der Waals surface area contributed by atoms with Gasteiger partial charge in [-0.3, -0.25) is 14.9 Å². The lowest BCUT2D eigenvalue weighted by Gasteiger charge is -2.24. The van der Waals surface area contributed by atoms with Crippen molar-refractivity contribution in [2.75, 3.05) is 17.7 Å². The number of carbonyl (C=O) groups excluding carboxylic acids is 2. The lowest BCUT2D eigenvalue weighted by molar-refractivity contribution is -0.133. The van der Waals surface area contributed by atoms with Crippen LogP contribution in [0.1, 0.15) is 26.2 Å². The highest BCUT2D eigenvalue weighted by Gasteiger charge is 2.26. The molecule has 1 aliphatic heterocycles. The van der Waals surface area contributed by atoms with Crippen molar-refractivity contribution < 1.29 is 14.3 Å². The standard InChI is InChI=1S/C14H19N3O3/c1-2-8-20-11-5-3-4-9(13(11)15)16-10-6-7-12(18)17-14(10)19/h3-5,10,16H,2,6-8,15H2,1H3,(H,17,18,19). The summed E-state index contributed by atoms with van der Waals surface area (Å²) in [5.74, 6) is 0.0470. The first-order valence-electron chi connectivity index (χ1n) is 6.73. The predicted octanol–water partition coefficient (Wildman–Crippen LogP) is 1.27. The maximum Gasteiger partial charge on any atom is 0.249 e. The molecule has 6 nitrogen and oxygen atoms in total. The third-order valence-corrected chi connectivity index (χ3v) is 3.10. The molecule has 4 N–H and O–H groups in total. The zero-order valence-corrected chi connectivity index (χ0v) is 11.4. The van der Waals surface area contributed by atoms with Crippen molar-refractivity contribution in [3.63, 3.8) is 0 Å². The summed E-state index contributed by atoms with van der Waals surface area (Å²) in [5.41, 5.74) is 7.15. The van der Waals surface area contributed by atoms with Gasteiger partial charge in [0.15, 0.2) is 0 Å². The molecule has 1 heterocycles. The molecule has 6 heteroatoms. The van der Waals surface area contributed by atoms with Crippen LogP contribution < -0.4 is 21.1 Å². The van der Waals surface area contributed by atoms with Crippen LogP contribution in [0.3, 0.4) is 0 Å². The minimum atomic E-state index is -0.448. The number of hydrogen-bond acceptors (Lipinski definition) is 5. The summed E-state index contributed by atoms with van der Waals surface area (Å²) in [6.45, 7) is 2.60. The highest BCUT2D eigenvalue weighted by molar-refractivity contribution is 6.01. The Labute approximate surface area is 117 Å². The van der Waals surface area contributed by atoms with Crippen LogP contribution in [0.25, 0.3) is 0 Å². The fraction of sp³-hybridized carbons (Fsp3) is 0.429. The fourth-order valence-electron chi connectivity index (χ4n) is 2.03. The van der Waals surface area contributed by atoms with Crippen molar-refractivity contribution in [1.29, 1.82) is 0 Å². The van der Waals surface area contributed by atoms with Gasteiger partial charge in [0.2, 0.25) is 11.8 Å². The van der Waals surface area contributed by atoms with E-state index in [1.54, 1.807) is 12.1 Å². The number of nitrogens with two attached hydrogens (primary N) is 1. The van der Waals surface area contributed by atoms with E-state index in [0.29, 0.717) is 36.6 Å². The maximum atomic E-state index is 11.7. The van der Waals surface area contributed by atoms with Gasteiger partial charge in [0.1, 0.15) is 11.8 Å². The number of para-hydroxylation sites is 1. The molecular formula is C14H19N3O3. The van der Waals surface area contributed by atoms with Crippen molar-refractivity contribution in [1.82, 2.24) is 5.32 Å². The summed E-state index contributed by atoms with van der Waals surface area (Å²) >= 11 is 0. The molecule has 1 atom stereocenters. The normalized spacial score (nSPS) is 18.6. The van der Waals surface area contributed by atoms with Crippen molar-refractivity contribution in [3.8, 4) is 5.75 Å². The van der Waals surface area contributed by atoms with E-state index in [1.807, 2.05) is 13.0 Å². The molecule has 0 spiro atoms. The van der Waals surface area contributed by atoms with Gasteiger partial charge in [0.25, 0.3) is 0 Å². The molecule has 0 bridgehead atoms.